The van der Waals surface area contributed by atoms with Crippen molar-refractivity contribution in [3.63, 3.8) is 0 Å². The molecule has 2 aliphatic rings. The fourth-order valence-electron chi connectivity index (χ4n) is 2.97. The van der Waals surface area contributed by atoms with E-state index < -0.39 is 0 Å². The van der Waals surface area contributed by atoms with Crippen molar-refractivity contribution in [2.45, 2.75) is 44.6 Å². The largest absolute Gasteiger partial charge is 0.375 e. The molecule has 1 aromatic heterocycles. The molecular formula is C12H21Br2N3S. The van der Waals surface area contributed by atoms with Gasteiger partial charge in [0.15, 0.2) is 5.13 Å². The van der Waals surface area contributed by atoms with Gasteiger partial charge in [-0.15, -0.1) is 45.3 Å². The number of halogens is 2. The molecule has 0 aromatic carbocycles. The minimum Gasteiger partial charge on any atom is -0.375 e. The number of nitrogen functional groups attached to an aromatic ring is 1. The number of piperidine rings is 1. The Morgan fingerprint density at radius 1 is 1.17 bits per heavy atom. The lowest BCUT2D eigenvalue weighted by Gasteiger charge is -2.36. The molecule has 1 aromatic rings. The summed E-state index contributed by atoms with van der Waals surface area (Å²) in [6.07, 6.45) is 7.77. The molecule has 6 heteroatoms. The van der Waals surface area contributed by atoms with Crippen LogP contribution in [0.25, 0.3) is 0 Å². The van der Waals surface area contributed by atoms with E-state index in [0.29, 0.717) is 0 Å². The Morgan fingerprint density at radius 2 is 1.89 bits per heavy atom. The third-order valence-electron chi connectivity index (χ3n) is 3.84. The van der Waals surface area contributed by atoms with E-state index in [9.17, 15) is 0 Å². The van der Waals surface area contributed by atoms with Crippen molar-refractivity contribution in [1.82, 2.24) is 9.88 Å². The van der Waals surface area contributed by atoms with E-state index in [1.807, 2.05) is 0 Å². The van der Waals surface area contributed by atoms with Crippen molar-refractivity contribution in [1.29, 1.82) is 0 Å². The Bertz CT molecular complexity index is 377. The van der Waals surface area contributed by atoms with Crippen LogP contribution in [0.3, 0.4) is 0 Å². The normalized spacial score (nSPS) is 23.7. The second-order valence-electron chi connectivity index (χ2n) is 4.92. The summed E-state index contributed by atoms with van der Waals surface area (Å²) in [5, 5.41) is 0.754. The number of likely N-dealkylation sites (tertiary alicyclic amines) is 1. The number of hydrogen-bond acceptors (Lipinski definition) is 4. The van der Waals surface area contributed by atoms with Crippen LogP contribution >= 0.6 is 45.3 Å². The molecule has 0 saturated carbocycles. The maximum atomic E-state index is 5.78. The van der Waals surface area contributed by atoms with Crippen LogP contribution in [0.1, 0.15) is 36.3 Å². The third kappa shape index (κ3) is 3.46. The summed E-state index contributed by atoms with van der Waals surface area (Å²) < 4.78 is 0. The lowest BCUT2D eigenvalue weighted by molar-refractivity contribution is 0.150. The molecule has 1 atom stereocenters. The predicted molar refractivity (Wildman–Crippen MR) is 88.4 cm³/mol. The molecule has 2 N–H and O–H groups in total. The van der Waals surface area contributed by atoms with E-state index in [1.165, 1.54) is 55.8 Å². The Hall–Kier alpha value is 0.350. The topological polar surface area (TPSA) is 42.1 Å². The molecule has 0 amide bonds. The average Bonchev–Trinajstić information content (AvgIpc) is 2.69. The van der Waals surface area contributed by atoms with Gasteiger partial charge < -0.3 is 10.6 Å². The van der Waals surface area contributed by atoms with Gasteiger partial charge in [0, 0.05) is 10.9 Å². The third-order valence-corrected chi connectivity index (χ3v) is 4.79. The molecule has 0 bridgehead atoms. The Kier molecular flexibility index (Phi) is 6.58. The standard InChI is InChI=1S/C12H19N3S.2BrH/c13-12-14-10-5-4-9(8-11(10)16-12)15-6-2-1-3-7-15;;/h9H,1-8H2,(H2,13,14);2*1H. The second kappa shape index (κ2) is 7.22. The zero-order valence-electron chi connectivity index (χ0n) is 10.4. The van der Waals surface area contributed by atoms with Gasteiger partial charge in [-0.3, -0.25) is 0 Å². The highest BCUT2D eigenvalue weighted by molar-refractivity contribution is 8.93. The van der Waals surface area contributed by atoms with E-state index >= 15 is 0 Å². The predicted octanol–water partition coefficient (Wildman–Crippen LogP) is 3.22. The molecule has 0 radical (unpaired) electrons. The van der Waals surface area contributed by atoms with E-state index in [2.05, 4.69) is 9.88 Å². The van der Waals surface area contributed by atoms with Gasteiger partial charge in [-0.1, -0.05) is 6.42 Å². The van der Waals surface area contributed by atoms with E-state index in [4.69, 9.17) is 5.73 Å². The zero-order valence-corrected chi connectivity index (χ0v) is 14.7. The molecule has 2 heterocycles. The first-order valence-corrected chi connectivity index (χ1v) is 7.12. The first-order chi connectivity index (χ1) is 7.83. The Balaban J connectivity index is 0.000000810. The first-order valence-electron chi connectivity index (χ1n) is 6.31. The quantitative estimate of drug-likeness (QED) is 0.789. The summed E-state index contributed by atoms with van der Waals surface area (Å²) in [4.78, 5) is 8.54. The summed E-state index contributed by atoms with van der Waals surface area (Å²) in [7, 11) is 0. The SMILES string of the molecule is Br.Br.Nc1nc2c(s1)CC(N1CCCCC1)CC2. The molecule has 104 valence electrons. The number of nitrogens with zero attached hydrogens (tertiary/aromatic N) is 2. The monoisotopic (exact) mass is 397 g/mol. The van der Waals surface area contributed by atoms with Gasteiger partial charge in [0.25, 0.3) is 0 Å². The summed E-state index contributed by atoms with van der Waals surface area (Å²) in [6.45, 7) is 2.60. The lowest BCUT2D eigenvalue weighted by Crippen LogP contribution is -2.42. The average molecular weight is 399 g/mol. The summed E-state index contributed by atoms with van der Waals surface area (Å²) in [5.41, 5.74) is 7.05. The number of nitrogens with two attached hydrogens (primary N) is 1. The van der Waals surface area contributed by atoms with Crippen molar-refractivity contribution in [3.05, 3.63) is 10.6 Å². The summed E-state index contributed by atoms with van der Waals surface area (Å²) in [5.74, 6) is 0. The van der Waals surface area contributed by atoms with Crippen LogP contribution in [0.15, 0.2) is 0 Å². The van der Waals surface area contributed by atoms with Gasteiger partial charge in [-0.05, 0) is 45.2 Å². The molecule has 1 fully saturated rings. The summed E-state index contributed by atoms with van der Waals surface area (Å²) in [6, 6.07) is 0.757. The van der Waals surface area contributed by atoms with Gasteiger partial charge in [0.1, 0.15) is 0 Å². The van der Waals surface area contributed by atoms with E-state index in [1.54, 1.807) is 11.3 Å². The number of rotatable bonds is 1. The molecule has 1 saturated heterocycles. The molecule has 3 rings (SSSR count). The van der Waals surface area contributed by atoms with Gasteiger partial charge >= 0.3 is 0 Å². The maximum Gasteiger partial charge on any atom is 0.180 e. The lowest BCUT2D eigenvalue weighted by atomic mass is 9.94. The number of aryl methyl sites for hydroxylation is 1. The molecule has 3 nitrogen and oxygen atoms in total. The van der Waals surface area contributed by atoms with Crippen molar-refractivity contribution in [3.8, 4) is 0 Å². The van der Waals surface area contributed by atoms with E-state index in [-0.39, 0.29) is 34.0 Å². The van der Waals surface area contributed by atoms with Gasteiger partial charge in [-0.25, -0.2) is 4.98 Å². The number of anilines is 1. The van der Waals surface area contributed by atoms with Gasteiger partial charge in [0.2, 0.25) is 0 Å². The van der Waals surface area contributed by atoms with Crippen LogP contribution in [0.4, 0.5) is 5.13 Å². The minimum atomic E-state index is 0. The number of aromatic nitrogens is 1. The van der Waals surface area contributed by atoms with Crippen LogP contribution in [-0.2, 0) is 12.8 Å². The smallest absolute Gasteiger partial charge is 0.180 e. The fourth-order valence-corrected chi connectivity index (χ4v) is 3.92. The molecular weight excluding hydrogens is 378 g/mol. The molecule has 18 heavy (non-hydrogen) atoms. The van der Waals surface area contributed by atoms with Gasteiger partial charge in [-0.2, -0.15) is 0 Å². The fraction of sp³-hybridized carbons (Fsp3) is 0.750. The molecule has 0 spiro atoms. The van der Waals surface area contributed by atoms with Crippen LogP contribution < -0.4 is 5.73 Å². The van der Waals surface area contributed by atoms with Crippen LogP contribution in [0.5, 0.6) is 0 Å². The number of hydrogen-bond donors (Lipinski definition) is 1. The van der Waals surface area contributed by atoms with Crippen molar-refractivity contribution in [2.24, 2.45) is 0 Å². The van der Waals surface area contributed by atoms with Crippen LogP contribution in [0, 0.1) is 0 Å². The maximum absolute atomic E-state index is 5.78. The molecule has 1 aliphatic heterocycles. The van der Waals surface area contributed by atoms with Crippen molar-refractivity contribution >= 4 is 50.4 Å². The first kappa shape index (κ1) is 16.4. The number of fused-ring (bicyclic) bond motifs is 1. The van der Waals surface area contributed by atoms with Gasteiger partial charge in [0.05, 0.1) is 5.69 Å². The van der Waals surface area contributed by atoms with Crippen molar-refractivity contribution in [2.75, 3.05) is 18.8 Å². The highest BCUT2D eigenvalue weighted by atomic mass is 79.9. The molecule has 1 aliphatic carbocycles. The zero-order chi connectivity index (χ0) is 11.0. The highest BCUT2D eigenvalue weighted by Crippen LogP contribution is 2.31. The highest BCUT2D eigenvalue weighted by Gasteiger charge is 2.27. The van der Waals surface area contributed by atoms with Crippen LogP contribution in [0.2, 0.25) is 0 Å². The minimum absolute atomic E-state index is 0. The molecule has 1 unspecified atom stereocenters. The van der Waals surface area contributed by atoms with Crippen molar-refractivity contribution < 1.29 is 0 Å². The van der Waals surface area contributed by atoms with E-state index in [0.717, 1.165) is 17.6 Å². The summed E-state index contributed by atoms with van der Waals surface area (Å²) >= 11 is 1.70. The van der Waals surface area contributed by atoms with Crippen LogP contribution in [-0.4, -0.2) is 29.0 Å². The Labute approximate surface area is 134 Å². The number of thiazole rings is 1. The Morgan fingerprint density at radius 3 is 2.61 bits per heavy atom. The second-order valence-corrected chi connectivity index (χ2v) is 6.03.